The Hall–Kier alpha value is -3.97. The van der Waals surface area contributed by atoms with E-state index in [2.05, 4.69) is 6.07 Å². The first kappa shape index (κ1) is 35.3. The van der Waals surface area contributed by atoms with Crippen LogP contribution >= 0.6 is 9.03 Å². The maximum Gasteiger partial charge on any atom is 0.338 e. The largest absolute Gasteiger partial charge is 0.453 e. The molecule has 1 fully saturated rings. The molecular formula is C38H40NO8P. The van der Waals surface area contributed by atoms with Crippen LogP contribution in [-0.4, -0.2) is 56.3 Å². The Balaban J connectivity index is 1.43. The van der Waals surface area contributed by atoms with Crippen LogP contribution in [0.5, 0.6) is 0 Å². The highest BCUT2D eigenvalue weighted by Crippen LogP contribution is 2.32. The van der Waals surface area contributed by atoms with Crippen LogP contribution in [0.2, 0.25) is 0 Å². The number of carbonyl (C=O) groups is 1. The first-order valence-corrected chi connectivity index (χ1v) is 16.7. The van der Waals surface area contributed by atoms with Gasteiger partial charge in [0.05, 0.1) is 57.7 Å². The van der Waals surface area contributed by atoms with Crippen molar-refractivity contribution in [1.82, 2.24) is 0 Å². The number of nitriles is 1. The molecule has 1 saturated heterocycles. The summed E-state index contributed by atoms with van der Waals surface area (Å²) in [5.74, 6) is -0.505. The van der Waals surface area contributed by atoms with E-state index in [9.17, 15) is 4.79 Å². The molecule has 0 aromatic heterocycles. The average Bonchev–Trinajstić information content (AvgIpc) is 3.14. The normalized spacial score (nSPS) is 20.8. The first-order chi connectivity index (χ1) is 23.7. The van der Waals surface area contributed by atoms with Crippen molar-refractivity contribution in [2.24, 2.45) is 0 Å². The highest BCUT2D eigenvalue weighted by Gasteiger charge is 2.50. The fourth-order valence-corrected chi connectivity index (χ4v) is 5.76. The molecule has 4 aromatic rings. The summed E-state index contributed by atoms with van der Waals surface area (Å²) in [5, 5.41) is 8.84. The minimum atomic E-state index is -0.888. The summed E-state index contributed by atoms with van der Waals surface area (Å²) in [5.41, 5.74) is 3.33. The van der Waals surface area contributed by atoms with Crippen molar-refractivity contribution in [1.29, 1.82) is 5.26 Å². The van der Waals surface area contributed by atoms with Gasteiger partial charge in [0.15, 0.2) is 15.1 Å². The van der Waals surface area contributed by atoms with Gasteiger partial charge in [-0.2, -0.15) is 5.26 Å². The molecule has 0 radical (unpaired) electrons. The fraction of sp³-hybridized carbons (Fsp3) is 0.316. The van der Waals surface area contributed by atoms with Crippen molar-refractivity contribution in [3.8, 4) is 6.07 Å². The molecule has 1 aliphatic rings. The second-order valence-electron chi connectivity index (χ2n) is 11.1. The number of benzene rings is 4. The Morgan fingerprint density at radius 1 is 0.646 bits per heavy atom. The number of ether oxygens (including phenoxy) is 5. The van der Waals surface area contributed by atoms with Crippen molar-refractivity contribution in [2.75, 3.05) is 19.8 Å². The Kier molecular flexibility index (Phi) is 14.5. The summed E-state index contributed by atoms with van der Waals surface area (Å²) in [6.07, 6.45) is -3.46. The lowest BCUT2D eigenvalue weighted by Crippen LogP contribution is -2.62. The Bertz CT molecular complexity index is 1520. The van der Waals surface area contributed by atoms with Crippen LogP contribution in [0, 0.1) is 11.3 Å². The highest BCUT2D eigenvalue weighted by atomic mass is 31.1. The smallest absolute Gasteiger partial charge is 0.338 e. The second-order valence-corrected chi connectivity index (χ2v) is 11.9. The van der Waals surface area contributed by atoms with Crippen LogP contribution in [0.4, 0.5) is 0 Å². The van der Waals surface area contributed by atoms with Gasteiger partial charge in [0.25, 0.3) is 0 Å². The van der Waals surface area contributed by atoms with Crippen LogP contribution in [0.3, 0.4) is 0 Å². The van der Waals surface area contributed by atoms with Crippen molar-refractivity contribution < 1.29 is 37.5 Å². The molecule has 0 N–H and O–H groups in total. The quantitative estimate of drug-likeness (QED) is 0.0641. The zero-order valence-corrected chi connectivity index (χ0v) is 27.6. The van der Waals surface area contributed by atoms with E-state index in [1.54, 1.807) is 24.3 Å². The number of hydrogen-bond acceptors (Lipinski definition) is 9. The molecule has 0 aliphatic carbocycles. The number of rotatable bonds is 18. The monoisotopic (exact) mass is 669 g/mol. The predicted molar refractivity (Wildman–Crippen MR) is 181 cm³/mol. The zero-order chi connectivity index (χ0) is 33.2. The molecule has 48 heavy (non-hydrogen) atoms. The third kappa shape index (κ3) is 11.0. The Morgan fingerprint density at radius 3 is 1.69 bits per heavy atom. The maximum atomic E-state index is 13.6. The summed E-state index contributed by atoms with van der Waals surface area (Å²) in [7, 11) is -0.311. The highest BCUT2D eigenvalue weighted by molar-refractivity contribution is 7.26. The van der Waals surface area contributed by atoms with E-state index < -0.39 is 36.5 Å². The minimum Gasteiger partial charge on any atom is -0.453 e. The predicted octanol–water partition coefficient (Wildman–Crippen LogP) is 6.82. The molecule has 5 rings (SSSR count). The molecule has 0 amide bonds. The molecule has 0 spiro atoms. The fourth-order valence-electron chi connectivity index (χ4n) is 5.26. The lowest BCUT2D eigenvalue weighted by molar-refractivity contribution is -0.263. The van der Waals surface area contributed by atoms with Gasteiger partial charge in [-0.05, 0) is 28.8 Å². The summed E-state index contributed by atoms with van der Waals surface area (Å²) in [6, 6.07) is 40.3. The van der Waals surface area contributed by atoms with Gasteiger partial charge in [-0.25, -0.2) is 4.79 Å². The van der Waals surface area contributed by atoms with Gasteiger partial charge in [0.2, 0.25) is 0 Å². The van der Waals surface area contributed by atoms with Crippen LogP contribution in [0.15, 0.2) is 121 Å². The second kappa shape index (κ2) is 19.8. The molecule has 250 valence electrons. The summed E-state index contributed by atoms with van der Waals surface area (Å²) in [4.78, 5) is 13.6. The number of nitrogens with zero attached hydrogens (tertiary/aromatic N) is 1. The molecular weight excluding hydrogens is 629 g/mol. The van der Waals surface area contributed by atoms with Crippen LogP contribution < -0.4 is 0 Å². The minimum absolute atomic E-state index is 0.0877. The third-order valence-electron chi connectivity index (χ3n) is 7.63. The molecule has 1 heterocycles. The van der Waals surface area contributed by atoms with Gasteiger partial charge in [0.1, 0.15) is 24.4 Å². The average molecular weight is 670 g/mol. The molecule has 10 heteroatoms. The topological polar surface area (TPSA) is 105 Å². The number of hydrogen-bond donors (Lipinski definition) is 0. The van der Waals surface area contributed by atoms with Gasteiger partial charge in [0, 0.05) is 0 Å². The molecule has 4 aromatic carbocycles. The van der Waals surface area contributed by atoms with Gasteiger partial charge in [-0.1, -0.05) is 109 Å². The molecule has 6 atom stereocenters. The van der Waals surface area contributed by atoms with Crippen molar-refractivity contribution >= 4 is 15.0 Å². The lowest BCUT2D eigenvalue weighted by Gasteiger charge is -2.45. The molecule has 1 aliphatic heterocycles. The van der Waals surface area contributed by atoms with Gasteiger partial charge in [-0.15, -0.1) is 0 Å². The van der Waals surface area contributed by atoms with Crippen molar-refractivity contribution in [3.05, 3.63) is 144 Å². The van der Waals surface area contributed by atoms with Gasteiger partial charge >= 0.3 is 5.97 Å². The van der Waals surface area contributed by atoms with E-state index in [-0.39, 0.29) is 48.5 Å². The van der Waals surface area contributed by atoms with Crippen LogP contribution in [0.1, 0.15) is 33.5 Å². The standard InChI is InChI=1S/C38H40NO8P/c39-22-13-23-44-48-45-28-34-36(43-26-31-18-9-3-10-19-31)37(47-38(40)32-20-11-4-12-21-32)35(42-25-30-16-7-2-8-17-30)33(46-34)27-41-24-29-14-5-1-6-15-29/h1-12,14-21,33-37,48H,13,23-28H2/t33-,34+,35?,36?,37?/m1/s1. The van der Waals surface area contributed by atoms with E-state index in [1.165, 1.54) is 0 Å². The van der Waals surface area contributed by atoms with E-state index in [0.29, 0.717) is 12.2 Å². The lowest BCUT2D eigenvalue weighted by atomic mass is 9.94. The molecule has 4 unspecified atom stereocenters. The van der Waals surface area contributed by atoms with Crippen molar-refractivity contribution in [3.63, 3.8) is 0 Å². The van der Waals surface area contributed by atoms with Gasteiger partial charge in [-0.3, -0.25) is 0 Å². The molecule has 0 bridgehead atoms. The molecule has 0 saturated carbocycles. The maximum absolute atomic E-state index is 13.6. The first-order valence-electron chi connectivity index (χ1n) is 15.9. The van der Waals surface area contributed by atoms with E-state index in [4.69, 9.17) is 38.0 Å². The summed E-state index contributed by atoms with van der Waals surface area (Å²) < 4.78 is 43.7. The van der Waals surface area contributed by atoms with E-state index in [1.807, 2.05) is 97.1 Å². The Labute approximate surface area is 283 Å². The zero-order valence-electron chi connectivity index (χ0n) is 26.6. The number of carbonyl (C=O) groups excluding carboxylic acids is 1. The Morgan fingerprint density at radius 2 is 1.15 bits per heavy atom. The van der Waals surface area contributed by atoms with Gasteiger partial charge < -0.3 is 32.7 Å². The van der Waals surface area contributed by atoms with Crippen LogP contribution in [-0.2, 0) is 52.6 Å². The SMILES string of the molecule is N#CCCOPOC[C@@H]1O[C@H](COCc2ccccc2)C(OCc2ccccc2)C(OC(=O)c2ccccc2)C1OCc1ccccc1. The third-order valence-corrected chi connectivity index (χ3v) is 8.23. The van der Waals surface area contributed by atoms with Crippen LogP contribution in [0.25, 0.3) is 0 Å². The van der Waals surface area contributed by atoms with E-state index in [0.717, 1.165) is 16.7 Å². The number of esters is 1. The summed E-state index contributed by atoms with van der Waals surface area (Å²) in [6.45, 7) is 1.37. The van der Waals surface area contributed by atoms with Crippen molar-refractivity contribution in [2.45, 2.75) is 56.8 Å². The van der Waals surface area contributed by atoms with E-state index >= 15 is 0 Å². The summed E-state index contributed by atoms with van der Waals surface area (Å²) >= 11 is 0. The molecule has 9 nitrogen and oxygen atoms in total.